The summed E-state index contributed by atoms with van der Waals surface area (Å²) in [6.45, 7) is 6.59. The number of ether oxygens (including phenoxy) is 1. The molecule has 1 unspecified atom stereocenters. The van der Waals surface area contributed by atoms with Crippen LogP contribution in [0.3, 0.4) is 0 Å². The van der Waals surface area contributed by atoms with Crippen LogP contribution in [0, 0.1) is 5.92 Å². The summed E-state index contributed by atoms with van der Waals surface area (Å²) in [5, 5.41) is 6.88. The highest BCUT2D eigenvalue weighted by atomic mass is 35.5. The van der Waals surface area contributed by atoms with Crippen LogP contribution >= 0.6 is 24.0 Å². The van der Waals surface area contributed by atoms with E-state index in [1.54, 1.807) is 18.2 Å². The molecular weight excluding hydrogens is 323 g/mol. The number of hydrogen-bond acceptors (Lipinski definition) is 3. The van der Waals surface area contributed by atoms with Crippen molar-refractivity contribution in [1.82, 2.24) is 10.6 Å². The molecule has 6 heteroatoms. The van der Waals surface area contributed by atoms with E-state index in [1.165, 1.54) is 6.42 Å². The second-order valence-corrected chi connectivity index (χ2v) is 6.17. The van der Waals surface area contributed by atoms with Crippen molar-refractivity contribution in [3.05, 3.63) is 28.8 Å². The molecule has 0 radical (unpaired) electrons. The number of carbonyl (C=O) groups is 1. The van der Waals surface area contributed by atoms with Gasteiger partial charge in [0.1, 0.15) is 5.75 Å². The van der Waals surface area contributed by atoms with E-state index in [1.807, 2.05) is 13.8 Å². The summed E-state index contributed by atoms with van der Waals surface area (Å²) in [5.74, 6) is 0.948. The molecule has 2 rings (SSSR count). The van der Waals surface area contributed by atoms with Crippen LogP contribution in [-0.2, 0) is 0 Å². The molecule has 22 heavy (non-hydrogen) atoms. The SMILES string of the molecule is CC(C)Oc1ccc(Cl)cc1C(=O)NCC1CCCNC1.Cl. The van der Waals surface area contributed by atoms with Gasteiger partial charge in [0.25, 0.3) is 5.91 Å². The number of hydrogen-bond donors (Lipinski definition) is 2. The first-order valence-electron chi connectivity index (χ1n) is 7.51. The number of carbonyl (C=O) groups excluding carboxylic acids is 1. The quantitative estimate of drug-likeness (QED) is 0.860. The van der Waals surface area contributed by atoms with Crippen LogP contribution in [0.4, 0.5) is 0 Å². The molecule has 0 bridgehead atoms. The first-order chi connectivity index (χ1) is 10.1. The number of halogens is 2. The minimum atomic E-state index is -0.126. The third kappa shape index (κ3) is 5.67. The smallest absolute Gasteiger partial charge is 0.255 e. The standard InChI is InChI=1S/C16H23ClN2O2.ClH/c1-11(2)21-15-6-5-13(17)8-14(15)16(20)19-10-12-4-3-7-18-9-12;/h5-6,8,11-12,18H,3-4,7,9-10H2,1-2H3,(H,19,20);1H. The third-order valence-corrected chi connectivity index (χ3v) is 3.73. The predicted octanol–water partition coefficient (Wildman–Crippen LogP) is 3.28. The maximum absolute atomic E-state index is 12.4. The molecule has 124 valence electrons. The Hall–Kier alpha value is -0.970. The molecule has 0 spiro atoms. The summed E-state index contributed by atoms with van der Waals surface area (Å²) in [6.07, 6.45) is 2.33. The van der Waals surface area contributed by atoms with Gasteiger partial charge < -0.3 is 15.4 Å². The van der Waals surface area contributed by atoms with Crippen molar-refractivity contribution < 1.29 is 9.53 Å². The van der Waals surface area contributed by atoms with E-state index < -0.39 is 0 Å². The van der Waals surface area contributed by atoms with E-state index in [0.29, 0.717) is 28.8 Å². The minimum absolute atomic E-state index is 0. The van der Waals surface area contributed by atoms with Gasteiger partial charge in [-0.3, -0.25) is 4.79 Å². The molecule has 1 aliphatic heterocycles. The lowest BCUT2D eigenvalue weighted by molar-refractivity contribution is 0.0939. The minimum Gasteiger partial charge on any atom is -0.490 e. The van der Waals surface area contributed by atoms with E-state index in [4.69, 9.17) is 16.3 Å². The fourth-order valence-electron chi connectivity index (χ4n) is 2.47. The van der Waals surface area contributed by atoms with Crippen molar-refractivity contribution in [2.24, 2.45) is 5.92 Å². The summed E-state index contributed by atoms with van der Waals surface area (Å²) in [4.78, 5) is 12.4. The first-order valence-corrected chi connectivity index (χ1v) is 7.89. The van der Waals surface area contributed by atoms with Crippen LogP contribution in [0.1, 0.15) is 37.0 Å². The van der Waals surface area contributed by atoms with Crippen molar-refractivity contribution in [2.75, 3.05) is 19.6 Å². The molecule has 1 fully saturated rings. The van der Waals surface area contributed by atoms with Gasteiger partial charge in [0.15, 0.2) is 0 Å². The Balaban J connectivity index is 0.00000242. The molecule has 1 aliphatic rings. The van der Waals surface area contributed by atoms with Crippen molar-refractivity contribution >= 4 is 29.9 Å². The summed E-state index contributed by atoms with van der Waals surface area (Å²) in [5.41, 5.74) is 0.500. The third-order valence-electron chi connectivity index (χ3n) is 3.50. The Kier molecular flexibility index (Phi) is 8.01. The molecule has 1 amide bonds. The van der Waals surface area contributed by atoms with Gasteiger partial charge in [0, 0.05) is 11.6 Å². The Labute approximate surface area is 143 Å². The Bertz CT molecular complexity index is 489. The van der Waals surface area contributed by atoms with Crippen LogP contribution in [0.2, 0.25) is 5.02 Å². The Morgan fingerprint density at radius 1 is 1.50 bits per heavy atom. The molecule has 1 atom stereocenters. The van der Waals surface area contributed by atoms with Crippen LogP contribution in [0.5, 0.6) is 5.75 Å². The number of rotatable bonds is 5. The second kappa shape index (κ2) is 9.23. The zero-order chi connectivity index (χ0) is 15.2. The lowest BCUT2D eigenvalue weighted by Gasteiger charge is -2.23. The number of nitrogens with one attached hydrogen (secondary N) is 2. The summed E-state index contributed by atoms with van der Waals surface area (Å²) in [7, 11) is 0. The molecule has 0 aromatic heterocycles. The normalized spacial score (nSPS) is 17.7. The Morgan fingerprint density at radius 2 is 2.27 bits per heavy atom. The maximum atomic E-state index is 12.4. The first kappa shape index (κ1) is 19.1. The van der Waals surface area contributed by atoms with Crippen LogP contribution in [-0.4, -0.2) is 31.6 Å². The number of amides is 1. The highest BCUT2D eigenvalue weighted by Crippen LogP contribution is 2.24. The van der Waals surface area contributed by atoms with Gasteiger partial charge in [-0.2, -0.15) is 0 Å². The van der Waals surface area contributed by atoms with Gasteiger partial charge in [-0.15, -0.1) is 12.4 Å². The van der Waals surface area contributed by atoms with Gasteiger partial charge in [-0.25, -0.2) is 0 Å². The van der Waals surface area contributed by atoms with E-state index in [-0.39, 0.29) is 24.4 Å². The lowest BCUT2D eigenvalue weighted by Crippen LogP contribution is -2.38. The topological polar surface area (TPSA) is 50.4 Å². The summed E-state index contributed by atoms with van der Waals surface area (Å²) < 4.78 is 5.68. The largest absolute Gasteiger partial charge is 0.490 e. The zero-order valence-electron chi connectivity index (χ0n) is 13.0. The average molecular weight is 347 g/mol. The highest BCUT2D eigenvalue weighted by molar-refractivity contribution is 6.31. The van der Waals surface area contributed by atoms with Gasteiger partial charge in [0.05, 0.1) is 11.7 Å². The van der Waals surface area contributed by atoms with Gasteiger partial charge >= 0.3 is 0 Å². The van der Waals surface area contributed by atoms with Crippen molar-refractivity contribution in [1.29, 1.82) is 0 Å². The zero-order valence-corrected chi connectivity index (χ0v) is 14.6. The van der Waals surface area contributed by atoms with Crippen LogP contribution < -0.4 is 15.4 Å². The molecule has 1 heterocycles. The monoisotopic (exact) mass is 346 g/mol. The molecule has 2 N–H and O–H groups in total. The molecular formula is C16H24Cl2N2O2. The van der Waals surface area contributed by atoms with Gasteiger partial charge in [-0.05, 0) is 63.9 Å². The maximum Gasteiger partial charge on any atom is 0.255 e. The molecule has 0 saturated carbocycles. The summed E-state index contributed by atoms with van der Waals surface area (Å²) in [6, 6.07) is 5.15. The fourth-order valence-corrected chi connectivity index (χ4v) is 2.64. The van der Waals surface area contributed by atoms with Crippen molar-refractivity contribution in [2.45, 2.75) is 32.8 Å². The highest BCUT2D eigenvalue weighted by Gasteiger charge is 2.17. The Morgan fingerprint density at radius 3 is 2.91 bits per heavy atom. The number of piperidine rings is 1. The van der Waals surface area contributed by atoms with E-state index >= 15 is 0 Å². The predicted molar refractivity (Wildman–Crippen MR) is 92.4 cm³/mol. The van der Waals surface area contributed by atoms with E-state index in [0.717, 1.165) is 19.5 Å². The average Bonchev–Trinajstić information content (AvgIpc) is 2.47. The molecule has 4 nitrogen and oxygen atoms in total. The van der Waals surface area contributed by atoms with Crippen molar-refractivity contribution in [3.8, 4) is 5.75 Å². The van der Waals surface area contributed by atoms with Crippen molar-refractivity contribution in [3.63, 3.8) is 0 Å². The van der Waals surface area contributed by atoms with Gasteiger partial charge in [0.2, 0.25) is 0 Å². The van der Waals surface area contributed by atoms with Gasteiger partial charge in [-0.1, -0.05) is 11.6 Å². The van der Waals surface area contributed by atoms with Crippen LogP contribution in [0.15, 0.2) is 18.2 Å². The van der Waals surface area contributed by atoms with Crippen LogP contribution in [0.25, 0.3) is 0 Å². The molecule has 0 aliphatic carbocycles. The molecule has 1 saturated heterocycles. The van der Waals surface area contributed by atoms with E-state index in [2.05, 4.69) is 10.6 Å². The second-order valence-electron chi connectivity index (χ2n) is 5.73. The molecule has 1 aromatic rings. The van der Waals surface area contributed by atoms with E-state index in [9.17, 15) is 4.79 Å². The fraction of sp³-hybridized carbons (Fsp3) is 0.562. The summed E-state index contributed by atoms with van der Waals surface area (Å²) >= 11 is 6.00. The number of benzene rings is 1. The lowest BCUT2D eigenvalue weighted by atomic mass is 9.99. The molecule has 1 aromatic carbocycles.